The van der Waals surface area contributed by atoms with E-state index in [9.17, 15) is 0 Å². The molecule has 1 heterocycles. The van der Waals surface area contributed by atoms with Gasteiger partial charge in [-0.25, -0.2) is 0 Å². The Balaban J connectivity index is 1.23. The van der Waals surface area contributed by atoms with Crippen LogP contribution < -0.4 is 4.90 Å². The van der Waals surface area contributed by atoms with E-state index < -0.39 is 0 Å². The number of para-hydroxylation sites is 1. The fourth-order valence-corrected chi connectivity index (χ4v) is 6.96. The summed E-state index contributed by atoms with van der Waals surface area (Å²) in [4.78, 5) is 2.29. The minimum absolute atomic E-state index is 1.06. The molecule has 46 heavy (non-hydrogen) atoms. The smallest absolute Gasteiger partial charge is 0.0541 e. The predicted molar refractivity (Wildman–Crippen MR) is 204 cm³/mol. The van der Waals surface area contributed by atoms with Gasteiger partial charge in [0, 0.05) is 42.5 Å². The molecule has 7 aromatic rings. The number of rotatable bonds is 10. The molecular formula is C42H36Br2N2. The van der Waals surface area contributed by atoms with E-state index >= 15 is 0 Å². The molecule has 0 aliphatic heterocycles. The average molecular weight is 729 g/mol. The first-order chi connectivity index (χ1) is 22.6. The molecule has 2 nitrogen and oxygen atoms in total. The van der Waals surface area contributed by atoms with E-state index in [1.165, 1.54) is 69.9 Å². The number of unbranched alkanes of at least 4 members (excludes halogenated alkanes) is 3. The average Bonchev–Trinajstić information content (AvgIpc) is 3.43. The van der Waals surface area contributed by atoms with Gasteiger partial charge in [-0.1, -0.05) is 107 Å². The van der Waals surface area contributed by atoms with Crippen molar-refractivity contribution in [2.45, 2.75) is 39.0 Å². The van der Waals surface area contributed by atoms with Crippen molar-refractivity contribution in [1.82, 2.24) is 4.57 Å². The molecule has 0 aliphatic carbocycles. The Hall–Kier alpha value is -4.12. The Bertz CT molecular complexity index is 2030. The van der Waals surface area contributed by atoms with Crippen molar-refractivity contribution in [3.8, 4) is 16.8 Å². The van der Waals surface area contributed by atoms with E-state index in [1.807, 2.05) is 0 Å². The van der Waals surface area contributed by atoms with Crippen molar-refractivity contribution in [2.75, 3.05) is 4.90 Å². The third kappa shape index (κ3) is 6.29. The van der Waals surface area contributed by atoms with Gasteiger partial charge in [0.1, 0.15) is 0 Å². The lowest BCUT2D eigenvalue weighted by molar-refractivity contribution is 0.667. The van der Waals surface area contributed by atoms with E-state index in [4.69, 9.17) is 0 Å². The van der Waals surface area contributed by atoms with Crippen LogP contribution in [0, 0.1) is 0 Å². The molecular weight excluding hydrogens is 692 g/mol. The second-order valence-electron chi connectivity index (χ2n) is 11.9. The number of aryl methyl sites for hydroxylation is 1. The third-order valence-electron chi connectivity index (χ3n) is 8.81. The van der Waals surface area contributed by atoms with E-state index in [-0.39, 0.29) is 0 Å². The maximum Gasteiger partial charge on any atom is 0.0541 e. The third-order valence-corrected chi connectivity index (χ3v) is 9.87. The normalized spacial score (nSPS) is 11.4. The van der Waals surface area contributed by atoms with Gasteiger partial charge >= 0.3 is 0 Å². The second-order valence-corrected chi connectivity index (χ2v) is 13.7. The topological polar surface area (TPSA) is 8.17 Å². The molecule has 0 atom stereocenters. The molecule has 0 aliphatic rings. The zero-order valence-electron chi connectivity index (χ0n) is 26.0. The van der Waals surface area contributed by atoms with Crippen LogP contribution in [0.25, 0.3) is 38.6 Å². The van der Waals surface area contributed by atoms with E-state index in [2.05, 4.69) is 188 Å². The highest BCUT2D eigenvalue weighted by molar-refractivity contribution is 9.10. The summed E-state index contributed by atoms with van der Waals surface area (Å²) in [6.07, 6.45) is 6.32. The lowest BCUT2D eigenvalue weighted by Gasteiger charge is -2.25. The van der Waals surface area contributed by atoms with Crippen LogP contribution in [0.2, 0.25) is 0 Å². The van der Waals surface area contributed by atoms with Gasteiger partial charge < -0.3 is 9.47 Å². The SMILES string of the molecule is CCCCCCc1ccc(-n2c3ccccc3c3cc(-c4ccc(N(c5ccc(Br)cc5)c5ccc(Br)cc5)cc4)ccc32)cc1. The molecule has 0 spiro atoms. The number of anilines is 3. The molecule has 0 radical (unpaired) electrons. The molecule has 0 N–H and O–H groups in total. The lowest BCUT2D eigenvalue weighted by atomic mass is 10.0. The van der Waals surface area contributed by atoms with Crippen molar-refractivity contribution in [3.63, 3.8) is 0 Å². The minimum Gasteiger partial charge on any atom is -0.311 e. The molecule has 0 saturated carbocycles. The van der Waals surface area contributed by atoms with Crippen molar-refractivity contribution >= 4 is 70.7 Å². The fraction of sp³-hybridized carbons (Fsp3) is 0.143. The zero-order valence-corrected chi connectivity index (χ0v) is 29.1. The highest BCUT2D eigenvalue weighted by Gasteiger charge is 2.15. The van der Waals surface area contributed by atoms with Crippen molar-refractivity contribution in [1.29, 1.82) is 0 Å². The number of hydrogen-bond donors (Lipinski definition) is 0. The molecule has 4 heteroatoms. The van der Waals surface area contributed by atoms with Crippen LogP contribution in [0.15, 0.2) is 148 Å². The van der Waals surface area contributed by atoms with Gasteiger partial charge in [0.2, 0.25) is 0 Å². The molecule has 1 aromatic heterocycles. The summed E-state index contributed by atoms with van der Waals surface area (Å²) in [6, 6.07) is 50.7. The van der Waals surface area contributed by atoms with Crippen LogP contribution in [0.5, 0.6) is 0 Å². The summed E-state index contributed by atoms with van der Waals surface area (Å²) in [5.41, 5.74) is 10.8. The second kappa shape index (κ2) is 13.7. The van der Waals surface area contributed by atoms with Gasteiger partial charge in [-0.05, 0) is 121 Å². The molecule has 0 fully saturated rings. The van der Waals surface area contributed by atoms with Gasteiger partial charge in [0.25, 0.3) is 0 Å². The Morgan fingerprint density at radius 3 is 1.72 bits per heavy atom. The largest absolute Gasteiger partial charge is 0.311 e. The number of nitrogens with zero attached hydrogens (tertiary/aromatic N) is 2. The van der Waals surface area contributed by atoms with Crippen molar-refractivity contribution < 1.29 is 0 Å². The molecule has 228 valence electrons. The number of fused-ring (bicyclic) bond motifs is 3. The summed E-state index contributed by atoms with van der Waals surface area (Å²) in [5, 5.41) is 2.54. The van der Waals surface area contributed by atoms with Gasteiger partial charge in [-0.3, -0.25) is 0 Å². The zero-order chi connectivity index (χ0) is 31.5. The molecule has 7 rings (SSSR count). The molecule has 0 bridgehead atoms. The van der Waals surface area contributed by atoms with Crippen LogP contribution in [-0.2, 0) is 6.42 Å². The van der Waals surface area contributed by atoms with Crippen molar-refractivity contribution in [2.24, 2.45) is 0 Å². The first-order valence-electron chi connectivity index (χ1n) is 16.1. The maximum atomic E-state index is 3.59. The van der Waals surface area contributed by atoms with Crippen LogP contribution in [-0.4, -0.2) is 4.57 Å². The summed E-state index contributed by atoms with van der Waals surface area (Å²) in [5.74, 6) is 0. The maximum absolute atomic E-state index is 3.59. The van der Waals surface area contributed by atoms with E-state index in [0.29, 0.717) is 0 Å². The van der Waals surface area contributed by atoms with Crippen molar-refractivity contribution in [3.05, 3.63) is 154 Å². The van der Waals surface area contributed by atoms with Crippen LogP contribution in [0.1, 0.15) is 38.2 Å². The predicted octanol–water partition coefficient (Wildman–Crippen LogP) is 13.6. The number of aromatic nitrogens is 1. The Morgan fingerprint density at radius 1 is 0.522 bits per heavy atom. The standard InChI is InChI=1S/C42H36Br2N2/c1-2-3-4-5-8-30-11-20-38(21-12-30)46-41-10-7-6-9-39(41)40-29-32(15-28-42(40)46)31-13-22-35(23-14-31)45(36-24-16-33(43)17-25-36)37-26-18-34(44)19-27-37/h6-7,9-29H,2-5,8H2,1H3. The van der Waals surface area contributed by atoms with Gasteiger partial charge in [-0.2, -0.15) is 0 Å². The Labute approximate surface area is 288 Å². The van der Waals surface area contributed by atoms with Gasteiger partial charge in [0.15, 0.2) is 0 Å². The van der Waals surface area contributed by atoms with Gasteiger partial charge in [0.05, 0.1) is 11.0 Å². The van der Waals surface area contributed by atoms with Gasteiger partial charge in [-0.15, -0.1) is 0 Å². The van der Waals surface area contributed by atoms with Crippen LogP contribution in [0.3, 0.4) is 0 Å². The number of benzene rings is 6. The number of halogens is 2. The first-order valence-corrected chi connectivity index (χ1v) is 17.7. The highest BCUT2D eigenvalue weighted by Crippen LogP contribution is 2.38. The summed E-state index contributed by atoms with van der Waals surface area (Å²) in [6.45, 7) is 2.27. The summed E-state index contributed by atoms with van der Waals surface area (Å²) >= 11 is 7.18. The molecule has 6 aromatic carbocycles. The highest BCUT2D eigenvalue weighted by atomic mass is 79.9. The van der Waals surface area contributed by atoms with Crippen LogP contribution >= 0.6 is 31.9 Å². The van der Waals surface area contributed by atoms with E-state index in [0.717, 1.165) is 32.4 Å². The molecule has 0 amide bonds. The Kier molecular flexibility index (Phi) is 9.09. The summed E-state index contributed by atoms with van der Waals surface area (Å²) < 4.78 is 4.54. The summed E-state index contributed by atoms with van der Waals surface area (Å²) in [7, 11) is 0. The van der Waals surface area contributed by atoms with Crippen LogP contribution in [0.4, 0.5) is 17.1 Å². The lowest BCUT2D eigenvalue weighted by Crippen LogP contribution is -2.09. The quantitative estimate of drug-likeness (QED) is 0.127. The number of hydrogen-bond acceptors (Lipinski definition) is 1. The van der Waals surface area contributed by atoms with E-state index in [1.54, 1.807) is 0 Å². The first kappa shape index (κ1) is 30.5. The minimum atomic E-state index is 1.06. The molecule has 0 unspecified atom stereocenters. The monoisotopic (exact) mass is 726 g/mol. The Morgan fingerprint density at radius 2 is 1.09 bits per heavy atom. The molecule has 0 saturated heterocycles. The fourth-order valence-electron chi connectivity index (χ4n) is 6.43.